The van der Waals surface area contributed by atoms with Crippen molar-refractivity contribution in [2.45, 2.75) is 12.5 Å². The lowest BCUT2D eigenvalue weighted by molar-refractivity contribution is 0.316. The van der Waals surface area contributed by atoms with E-state index < -0.39 is 0 Å². The zero-order chi connectivity index (χ0) is 9.97. The van der Waals surface area contributed by atoms with Gasteiger partial charge in [-0.3, -0.25) is 4.90 Å². The quantitative estimate of drug-likeness (QED) is 0.672. The second-order valence-electron chi connectivity index (χ2n) is 3.93. The van der Waals surface area contributed by atoms with Gasteiger partial charge in [-0.2, -0.15) is 5.26 Å². The van der Waals surface area contributed by atoms with Crippen molar-refractivity contribution >= 4 is 0 Å². The molecule has 1 aliphatic rings. The maximum atomic E-state index is 8.87. The van der Waals surface area contributed by atoms with Gasteiger partial charge in [0.1, 0.15) is 0 Å². The van der Waals surface area contributed by atoms with Crippen LogP contribution in [0.1, 0.15) is 18.0 Å². The number of rotatable bonds is 1. The molecule has 1 saturated heterocycles. The molecule has 0 saturated carbocycles. The fourth-order valence-corrected chi connectivity index (χ4v) is 2.16. The van der Waals surface area contributed by atoms with E-state index in [9.17, 15) is 0 Å². The van der Waals surface area contributed by atoms with Crippen LogP contribution >= 0.6 is 0 Å². The Labute approximate surface area is 84.8 Å². The van der Waals surface area contributed by atoms with E-state index in [1.807, 2.05) is 6.07 Å². The van der Waals surface area contributed by atoms with Crippen molar-refractivity contribution in [3.8, 4) is 6.07 Å². The van der Waals surface area contributed by atoms with Crippen LogP contribution in [0.5, 0.6) is 0 Å². The van der Waals surface area contributed by atoms with Gasteiger partial charge in [0.05, 0.1) is 12.0 Å². The minimum Gasteiger partial charge on any atom is -0.298 e. The van der Waals surface area contributed by atoms with Gasteiger partial charge in [-0.15, -0.1) is 0 Å². The molecule has 72 valence electrons. The van der Waals surface area contributed by atoms with Crippen molar-refractivity contribution in [1.82, 2.24) is 4.90 Å². The fourth-order valence-electron chi connectivity index (χ4n) is 2.16. The molecule has 0 aromatic heterocycles. The molecular formula is C12H14N2. The fraction of sp³-hybridized carbons (Fsp3) is 0.417. The molecular weight excluding hydrogens is 172 g/mol. The molecule has 2 rings (SSSR count). The van der Waals surface area contributed by atoms with Crippen LogP contribution in [0.3, 0.4) is 0 Å². The molecule has 0 aliphatic carbocycles. The lowest BCUT2D eigenvalue weighted by atomic mass is 10.0. The lowest BCUT2D eigenvalue weighted by Gasteiger charge is -2.18. The van der Waals surface area contributed by atoms with Gasteiger partial charge in [-0.05, 0) is 19.0 Å². The second-order valence-corrected chi connectivity index (χ2v) is 3.93. The molecule has 2 atom stereocenters. The van der Waals surface area contributed by atoms with Gasteiger partial charge in [0.2, 0.25) is 0 Å². The van der Waals surface area contributed by atoms with Crippen molar-refractivity contribution in [2.75, 3.05) is 13.6 Å². The summed E-state index contributed by atoms with van der Waals surface area (Å²) in [5, 5.41) is 8.87. The number of nitriles is 1. The third kappa shape index (κ3) is 1.64. The molecule has 0 amide bonds. The van der Waals surface area contributed by atoms with Gasteiger partial charge < -0.3 is 0 Å². The van der Waals surface area contributed by atoms with E-state index in [0.717, 1.165) is 13.0 Å². The average molecular weight is 186 g/mol. The molecule has 1 aromatic carbocycles. The highest BCUT2D eigenvalue weighted by Crippen LogP contribution is 2.33. The third-order valence-electron chi connectivity index (χ3n) is 2.92. The molecule has 0 N–H and O–H groups in total. The van der Waals surface area contributed by atoms with E-state index >= 15 is 0 Å². The normalized spacial score (nSPS) is 27.4. The first kappa shape index (κ1) is 9.23. The molecule has 2 nitrogen and oxygen atoms in total. The van der Waals surface area contributed by atoms with Crippen LogP contribution in [-0.2, 0) is 0 Å². The molecule has 2 heteroatoms. The zero-order valence-electron chi connectivity index (χ0n) is 8.35. The van der Waals surface area contributed by atoms with Crippen molar-refractivity contribution in [2.24, 2.45) is 5.92 Å². The molecule has 1 heterocycles. The van der Waals surface area contributed by atoms with Crippen LogP contribution < -0.4 is 0 Å². The van der Waals surface area contributed by atoms with Gasteiger partial charge in [-0.25, -0.2) is 0 Å². The summed E-state index contributed by atoms with van der Waals surface area (Å²) in [5.74, 6) is 0.199. The maximum Gasteiger partial charge on any atom is 0.0670 e. The summed E-state index contributed by atoms with van der Waals surface area (Å²) < 4.78 is 0. The lowest BCUT2D eigenvalue weighted by Crippen LogP contribution is -2.18. The first-order chi connectivity index (χ1) is 6.81. The van der Waals surface area contributed by atoms with E-state index in [-0.39, 0.29) is 5.92 Å². The topological polar surface area (TPSA) is 27.0 Å². The maximum absolute atomic E-state index is 8.87. The monoisotopic (exact) mass is 186 g/mol. The number of likely N-dealkylation sites (tertiary alicyclic amines) is 1. The van der Waals surface area contributed by atoms with E-state index in [2.05, 4.69) is 42.3 Å². The van der Waals surface area contributed by atoms with Gasteiger partial charge >= 0.3 is 0 Å². The van der Waals surface area contributed by atoms with Crippen LogP contribution in [0.4, 0.5) is 0 Å². The molecule has 14 heavy (non-hydrogen) atoms. The van der Waals surface area contributed by atoms with Crippen LogP contribution in [0.25, 0.3) is 0 Å². The largest absolute Gasteiger partial charge is 0.298 e. The molecule has 1 aromatic rings. The van der Waals surface area contributed by atoms with Crippen LogP contribution in [-0.4, -0.2) is 18.5 Å². The summed E-state index contributed by atoms with van der Waals surface area (Å²) in [6, 6.07) is 13.2. The SMILES string of the molecule is CN1CC(C#N)CC1c1ccccc1. The standard InChI is InChI=1S/C12H14N2/c1-14-9-10(8-13)7-12(14)11-5-3-2-4-6-11/h2-6,10,12H,7,9H2,1H3. The Balaban J connectivity index is 2.18. The Kier molecular flexibility index (Phi) is 2.51. The molecule has 0 bridgehead atoms. The Morgan fingerprint density at radius 1 is 1.36 bits per heavy atom. The van der Waals surface area contributed by atoms with E-state index in [4.69, 9.17) is 5.26 Å². The van der Waals surface area contributed by atoms with E-state index in [0.29, 0.717) is 6.04 Å². The highest BCUT2D eigenvalue weighted by Gasteiger charge is 2.29. The van der Waals surface area contributed by atoms with Crippen LogP contribution in [0, 0.1) is 17.2 Å². The summed E-state index contributed by atoms with van der Waals surface area (Å²) in [6.07, 6.45) is 0.969. The molecule has 0 spiro atoms. The smallest absolute Gasteiger partial charge is 0.0670 e. The molecule has 0 radical (unpaired) electrons. The minimum absolute atomic E-state index is 0.199. The van der Waals surface area contributed by atoms with E-state index in [1.54, 1.807) is 0 Å². The molecule has 1 aliphatic heterocycles. The summed E-state index contributed by atoms with van der Waals surface area (Å²) in [5.41, 5.74) is 1.33. The Hall–Kier alpha value is -1.33. The molecule has 1 fully saturated rings. The van der Waals surface area contributed by atoms with Gasteiger partial charge in [0.25, 0.3) is 0 Å². The third-order valence-corrected chi connectivity index (χ3v) is 2.92. The Bertz CT molecular complexity index is 339. The predicted octanol–water partition coefficient (Wildman–Crippen LogP) is 2.20. The van der Waals surface area contributed by atoms with E-state index in [1.165, 1.54) is 5.56 Å². The number of nitrogens with zero attached hydrogens (tertiary/aromatic N) is 2. The van der Waals surface area contributed by atoms with Gasteiger partial charge in [-0.1, -0.05) is 30.3 Å². The number of benzene rings is 1. The molecule has 2 unspecified atom stereocenters. The van der Waals surface area contributed by atoms with Crippen molar-refractivity contribution in [1.29, 1.82) is 5.26 Å². The Morgan fingerprint density at radius 3 is 2.64 bits per heavy atom. The second kappa shape index (κ2) is 3.81. The highest BCUT2D eigenvalue weighted by atomic mass is 15.2. The first-order valence-electron chi connectivity index (χ1n) is 4.96. The number of hydrogen-bond acceptors (Lipinski definition) is 2. The first-order valence-corrected chi connectivity index (χ1v) is 4.96. The summed E-state index contributed by atoms with van der Waals surface area (Å²) in [6.45, 7) is 0.899. The van der Waals surface area contributed by atoms with Gasteiger partial charge in [0, 0.05) is 12.6 Å². The summed E-state index contributed by atoms with van der Waals surface area (Å²) >= 11 is 0. The highest BCUT2D eigenvalue weighted by molar-refractivity contribution is 5.21. The van der Waals surface area contributed by atoms with Gasteiger partial charge in [0.15, 0.2) is 0 Å². The summed E-state index contributed by atoms with van der Waals surface area (Å²) in [7, 11) is 2.09. The Morgan fingerprint density at radius 2 is 2.07 bits per heavy atom. The van der Waals surface area contributed by atoms with Crippen LogP contribution in [0.15, 0.2) is 30.3 Å². The van der Waals surface area contributed by atoms with Crippen molar-refractivity contribution in [3.05, 3.63) is 35.9 Å². The zero-order valence-corrected chi connectivity index (χ0v) is 8.35. The minimum atomic E-state index is 0.199. The predicted molar refractivity (Wildman–Crippen MR) is 55.5 cm³/mol. The summed E-state index contributed by atoms with van der Waals surface area (Å²) in [4.78, 5) is 2.27. The number of hydrogen-bond donors (Lipinski definition) is 0. The van der Waals surface area contributed by atoms with Crippen molar-refractivity contribution in [3.63, 3.8) is 0 Å². The average Bonchev–Trinajstić information content (AvgIpc) is 2.61. The van der Waals surface area contributed by atoms with Crippen molar-refractivity contribution < 1.29 is 0 Å². The van der Waals surface area contributed by atoms with Crippen LogP contribution in [0.2, 0.25) is 0 Å².